The number of hydrogen-bond acceptors (Lipinski definition) is 3. The van der Waals surface area contributed by atoms with Crippen molar-refractivity contribution >= 4 is 0 Å². The second-order valence-corrected chi connectivity index (χ2v) is 7.80. The first kappa shape index (κ1) is 20.0. The minimum absolute atomic E-state index is 0.791. The van der Waals surface area contributed by atoms with Gasteiger partial charge in [-0.1, -0.05) is 66.7 Å². The van der Waals surface area contributed by atoms with Gasteiger partial charge in [0.25, 0.3) is 0 Å². The lowest BCUT2D eigenvalue weighted by molar-refractivity contribution is 0.244. The highest BCUT2D eigenvalue weighted by molar-refractivity contribution is 5.64. The third kappa shape index (κ3) is 4.66. The minimum atomic E-state index is 0.791. The lowest BCUT2D eigenvalue weighted by Gasteiger charge is -2.23. The van der Waals surface area contributed by atoms with Crippen molar-refractivity contribution in [2.24, 2.45) is 7.05 Å². The Bertz CT molecular complexity index is 1100. The van der Waals surface area contributed by atoms with Crippen LogP contribution in [-0.2, 0) is 26.7 Å². The van der Waals surface area contributed by atoms with Crippen LogP contribution in [0.3, 0.4) is 0 Å². The molecule has 0 fully saturated rings. The van der Waals surface area contributed by atoms with Crippen molar-refractivity contribution in [2.45, 2.75) is 33.5 Å². The third-order valence-corrected chi connectivity index (χ3v) is 5.47. The van der Waals surface area contributed by atoms with Crippen LogP contribution >= 0.6 is 0 Å². The molecule has 0 spiro atoms. The molecule has 0 saturated heterocycles. The van der Waals surface area contributed by atoms with Gasteiger partial charge in [-0.2, -0.15) is 5.10 Å². The highest BCUT2D eigenvalue weighted by atomic mass is 15.3. The molecular formula is C26H28N4. The molecule has 0 bridgehead atoms. The van der Waals surface area contributed by atoms with Gasteiger partial charge in [-0.15, -0.1) is 0 Å². The molecule has 0 unspecified atom stereocenters. The molecule has 2 aromatic heterocycles. The largest absolute Gasteiger partial charge is 0.289 e. The SMILES string of the molecule is Cc1cccc(CN(Cc2ccccc2)Cc2c(-c3ccccc3)nn(C)c2C)n1. The Kier molecular flexibility index (Phi) is 6.05. The van der Waals surface area contributed by atoms with Gasteiger partial charge in [-0.25, -0.2) is 0 Å². The summed E-state index contributed by atoms with van der Waals surface area (Å²) in [6.45, 7) is 6.66. The molecule has 0 atom stereocenters. The lowest BCUT2D eigenvalue weighted by atomic mass is 10.0. The van der Waals surface area contributed by atoms with Crippen molar-refractivity contribution in [3.63, 3.8) is 0 Å². The van der Waals surface area contributed by atoms with Gasteiger partial charge in [0.1, 0.15) is 0 Å². The van der Waals surface area contributed by atoms with E-state index in [0.717, 1.165) is 42.3 Å². The summed E-state index contributed by atoms with van der Waals surface area (Å²) in [7, 11) is 2.02. The van der Waals surface area contributed by atoms with E-state index in [4.69, 9.17) is 10.1 Å². The van der Waals surface area contributed by atoms with E-state index >= 15 is 0 Å². The van der Waals surface area contributed by atoms with Gasteiger partial charge < -0.3 is 0 Å². The Balaban J connectivity index is 1.68. The molecule has 0 saturated carbocycles. The summed E-state index contributed by atoms with van der Waals surface area (Å²) in [6, 6.07) is 27.3. The standard InChI is InChI=1S/C26H28N4/c1-20-11-10-16-24(27-20)18-30(17-22-12-6-4-7-13-22)19-25-21(2)29(3)28-26(25)23-14-8-5-9-15-23/h4-16H,17-19H2,1-3H3. The van der Waals surface area contributed by atoms with Crippen molar-refractivity contribution in [3.8, 4) is 11.3 Å². The number of hydrogen-bond donors (Lipinski definition) is 0. The summed E-state index contributed by atoms with van der Waals surface area (Å²) in [6.07, 6.45) is 0. The molecule has 0 aliphatic carbocycles. The van der Waals surface area contributed by atoms with E-state index < -0.39 is 0 Å². The fourth-order valence-electron chi connectivity index (χ4n) is 3.82. The smallest absolute Gasteiger partial charge is 0.0970 e. The lowest BCUT2D eigenvalue weighted by Crippen LogP contribution is -2.23. The minimum Gasteiger partial charge on any atom is -0.289 e. The number of rotatable bonds is 7. The fourth-order valence-corrected chi connectivity index (χ4v) is 3.82. The average molecular weight is 397 g/mol. The molecule has 30 heavy (non-hydrogen) atoms. The molecule has 0 aliphatic heterocycles. The first-order valence-electron chi connectivity index (χ1n) is 10.4. The van der Waals surface area contributed by atoms with Crippen LogP contribution in [0.2, 0.25) is 0 Å². The highest BCUT2D eigenvalue weighted by Crippen LogP contribution is 2.27. The zero-order valence-electron chi connectivity index (χ0n) is 17.9. The first-order chi connectivity index (χ1) is 14.6. The molecule has 4 heteroatoms. The summed E-state index contributed by atoms with van der Waals surface area (Å²) in [4.78, 5) is 7.19. The zero-order chi connectivity index (χ0) is 20.9. The topological polar surface area (TPSA) is 34.0 Å². The van der Waals surface area contributed by atoms with Crippen LogP contribution < -0.4 is 0 Å². The van der Waals surface area contributed by atoms with Crippen molar-refractivity contribution < 1.29 is 0 Å². The molecule has 0 aliphatic rings. The van der Waals surface area contributed by atoms with E-state index in [9.17, 15) is 0 Å². The summed E-state index contributed by atoms with van der Waals surface area (Å²) < 4.78 is 1.99. The van der Waals surface area contributed by atoms with E-state index in [0.29, 0.717) is 0 Å². The molecule has 4 aromatic rings. The number of aromatic nitrogens is 3. The second-order valence-electron chi connectivity index (χ2n) is 7.80. The Labute approximate surface area is 178 Å². The van der Waals surface area contributed by atoms with Crippen LogP contribution in [-0.4, -0.2) is 19.7 Å². The zero-order valence-corrected chi connectivity index (χ0v) is 17.9. The van der Waals surface area contributed by atoms with E-state index in [1.807, 2.05) is 30.8 Å². The Morgan fingerprint density at radius 2 is 1.47 bits per heavy atom. The summed E-state index contributed by atoms with van der Waals surface area (Å²) in [5, 5.41) is 4.84. The molecule has 2 aromatic carbocycles. The maximum atomic E-state index is 4.84. The summed E-state index contributed by atoms with van der Waals surface area (Å²) >= 11 is 0. The normalized spacial score (nSPS) is 11.2. The van der Waals surface area contributed by atoms with Gasteiger partial charge >= 0.3 is 0 Å². The molecule has 4 nitrogen and oxygen atoms in total. The maximum absolute atomic E-state index is 4.84. The van der Waals surface area contributed by atoms with Crippen LogP contribution in [0.1, 0.15) is 28.2 Å². The van der Waals surface area contributed by atoms with Crippen LogP contribution in [0, 0.1) is 13.8 Å². The average Bonchev–Trinajstić information content (AvgIpc) is 3.03. The fraction of sp³-hybridized carbons (Fsp3) is 0.231. The van der Waals surface area contributed by atoms with Crippen molar-refractivity contribution in [3.05, 3.63) is 107 Å². The van der Waals surface area contributed by atoms with Crippen molar-refractivity contribution in [1.29, 1.82) is 0 Å². The molecule has 4 rings (SSSR count). The Morgan fingerprint density at radius 1 is 0.767 bits per heavy atom. The molecule has 2 heterocycles. The number of benzene rings is 2. The van der Waals surface area contributed by atoms with Gasteiger partial charge in [0.05, 0.1) is 11.4 Å². The van der Waals surface area contributed by atoms with Crippen molar-refractivity contribution in [1.82, 2.24) is 19.7 Å². The maximum Gasteiger partial charge on any atom is 0.0970 e. The van der Waals surface area contributed by atoms with E-state index in [-0.39, 0.29) is 0 Å². The number of pyridine rings is 1. The second kappa shape index (κ2) is 9.06. The summed E-state index contributed by atoms with van der Waals surface area (Å²) in [5.41, 5.74) is 8.13. The van der Waals surface area contributed by atoms with E-state index in [1.165, 1.54) is 16.8 Å². The molecule has 0 radical (unpaired) electrons. The van der Waals surface area contributed by atoms with Crippen LogP contribution in [0.25, 0.3) is 11.3 Å². The van der Waals surface area contributed by atoms with Gasteiger partial charge in [-0.05, 0) is 31.5 Å². The van der Waals surface area contributed by atoms with E-state index in [2.05, 4.69) is 78.6 Å². The van der Waals surface area contributed by atoms with Crippen LogP contribution in [0.15, 0.2) is 78.9 Å². The number of aryl methyl sites for hydroxylation is 2. The van der Waals surface area contributed by atoms with Crippen LogP contribution in [0.5, 0.6) is 0 Å². The van der Waals surface area contributed by atoms with Gasteiger partial charge in [-0.3, -0.25) is 14.6 Å². The predicted molar refractivity (Wildman–Crippen MR) is 122 cm³/mol. The molecule has 0 N–H and O–H groups in total. The Morgan fingerprint density at radius 3 is 2.17 bits per heavy atom. The summed E-state index contributed by atoms with van der Waals surface area (Å²) in [5.74, 6) is 0. The quantitative estimate of drug-likeness (QED) is 0.425. The Hall–Kier alpha value is -3.24. The van der Waals surface area contributed by atoms with Gasteiger partial charge in [0, 0.05) is 49.2 Å². The molecule has 152 valence electrons. The van der Waals surface area contributed by atoms with Crippen LogP contribution in [0.4, 0.5) is 0 Å². The highest BCUT2D eigenvalue weighted by Gasteiger charge is 2.18. The third-order valence-electron chi connectivity index (χ3n) is 5.47. The van der Waals surface area contributed by atoms with Gasteiger partial charge in [0.15, 0.2) is 0 Å². The van der Waals surface area contributed by atoms with Gasteiger partial charge in [0.2, 0.25) is 0 Å². The number of nitrogens with zero attached hydrogens (tertiary/aromatic N) is 4. The monoisotopic (exact) mass is 396 g/mol. The molecular weight excluding hydrogens is 368 g/mol. The predicted octanol–water partition coefficient (Wildman–Crippen LogP) is 5.30. The molecule has 0 amide bonds. The first-order valence-corrected chi connectivity index (χ1v) is 10.4. The van der Waals surface area contributed by atoms with E-state index in [1.54, 1.807) is 0 Å². The van der Waals surface area contributed by atoms with Crippen molar-refractivity contribution in [2.75, 3.05) is 0 Å².